The fourth-order valence-corrected chi connectivity index (χ4v) is 3.35. The first-order valence-corrected chi connectivity index (χ1v) is 9.55. The van der Waals surface area contributed by atoms with E-state index in [2.05, 4.69) is 4.98 Å². The zero-order valence-electron chi connectivity index (χ0n) is 17.0. The van der Waals surface area contributed by atoms with Crippen molar-refractivity contribution in [3.8, 4) is 22.5 Å². The molecule has 160 valence electrons. The summed E-state index contributed by atoms with van der Waals surface area (Å²) in [6.07, 6.45) is 0. The number of hydrogen-bond acceptors (Lipinski definition) is 5. The second-order valence-corrected chi connectivity index (χ2v) is 7.12. The molecule has 0 bridgehead atoms. The highest BCUT2D eigenvalue weighted by Crippen LogP contribution is 2.28. The number of carbonyl (C=O) groups is 1. The molecule has 0 saturated heterocycles. The van der Waals surface area contributed by atoms with Crippen molar-refractivity contribution in [2.45, 2.75) is 6.92 Å². The highest BCUT2D eigenvalue weighted by Gasteiger charge is 2.17. The lowest BCUT2D eigenvalue weighted by molar-refractivity contribution is -0.140. The van der Waals surface area contributed by atoms with Crippen LogP contribution < -0.4 is 16.3 Å². The van der Waals surface area contributed by atoms with Crippen molar-refractivity contribution in [3.63, 3.8) is 0 Å². The van der Waals surface area contributed by atoms with Crippen LogP contribution in [-0.2, 0) is 4.79 Å². The van der Waals surface area contributed by atoms with Crippen molar-refractivity contribution in [1.82, 2.24) is 9.71 Å². The normalized spacial score (nSPS) is 10.8. The molecule has 0 aliphatic rings. The summed E-state index contributed by atoms with van der Waals surface area (Å²) >= 11 is 0. The summed E-state index contributed by atoms with van der Waals surface area (Å²) in [6.45, 7) is 1.29. The molecule has 1 heterocycles. The van der Waals surface area contributed by atoms with Crippen LogP contribution in [0.25, 0.3) is 33.5 Å². The van der Waals surface area contributed by atoms with Gasteiger partial charge in [-0.3, -0.25) is 10.8 Å². The molecule has 0 aliphatic carbocycles. The van der Waals surface area contributed by atoms with E-state index in [1.54, 1.807) is 48.5 Å². The lowest BCUT2D eigenvalue weighted by Crippen LogP contribution is -2.17. The Labute approximate surface area is 182 Å². The van der Waals surface area contributed by atoms with Crippen LogP contribution in [0, 0.1) is 16.6 Å². The van der Waals surface area contributed by atoms with Gasteiger partial charge in [0.05, 0.1) is 11.1 Å². The Hall–Kier alpha value is -4.53. The van der Waals surface area contributed by atoms with Crippen molar-refractivity contribution < 1.29 is 14.0 Å². The predicted molar refractivity (Wildman–Crippen MR) is 120 cm³/mol. The van der Waals surface area contributed by atoms with Crippen LogP contribution in [0.3, 0.4) is 0 Å². The van der Waals surface area contributed by atoms with Gasteiger partial charge in [0.15, 0.2) is 5.82 Å². The first kappa shape index (κ1) is 20.7. The van der Waals surface area contributed by atoms with Crippen LogP contribution >= 0.6 is 0 Å². The highest BCUT2D eigenvalue weighted by molar-refractivity contribution is 5.98. The molecule has 0 unspecified atom stereocenters. The summed E-state index contributed by atoms with van der Waals surface area (Å²) in [7, 11) is 0. The second-order valence-electron chi connectivity index (χ2n) is 7.12. The van der Waals surface area contributed by atoms with Gasteiger partial charge in [0, 0.05) is 18.1 Å². The fraction of sp³-hybridized carbons (Fsp3) is 0.0435. The van der Waals surface area contributed by atoms with Crippen molar-refractivity contribution in [1.29, 1.82) is 10.8 Å². The number of aromatic nitrogens is 2. The van der Waals surface area contributed by atoms with Gasteiger partial charge in [0.2, 0.25) is 0 Å². The third-order valence-corrected chi connectivity index (χ3v) is 4.88. The zero-order chi connectivity index (χ0) is 23.0. The summed E-state index contributed by atoms with van der Waals surface area (Å²) in [5, 5.41) is 15.0. The van der Waals surface area contributed by atoms with Gasteiger partial charge in [-0.05, 0) is 41.5 Å². The first-order valence-electron chi connectivity index (χ1n) is 9.55. The van der Waals surface area contributed by atoms with E-state index in [1.807, 2.05) is 0 Å². The lowest BCUT2D eigenvalue weighted by Gasteiger charge is -2.09. The molecule has 8 nitrogen and oxygen atoms in total. The van der Waals surface area contributed by atoms with E-state index in [4.69, 9.17) is 27.1 Å². The summed E-state index contributed by atoms with van der Waals surface area (Å²) in [5.41, 5.74) is 14.6. The van der Waals surface area contributed by atoms with Crippen LogP contribution in [-0.4, -0.2) is 27.4 Å². The molecule has 0 spiro atoms. The van der Waals surface area contributed by atoms with Crippen LogP contribution in [0.15, 0.2) is 60.7 Å². The SMILES string of the molecule is CC(=O)On1c(-c2ccc(-c3ccc(C(=N)N)c(F)c3)cc2)nc2cc(C(=N)N)ccc21. The lowest BCUT2D eigenvalue weighted by atomic mass is 10.0. The molecule has 4 aromatic rings. The van der Waals surface area contributed by atoms with Gasteiger partial charge >= 0.3 is 5.97 Å². The summed E-state index contributed by atoms with van der Waals surface area (Å²) in [5.74, 6) is -1.12. The molecule has 3 aromatic carbocycles. The van der Waals surface area contributed by atoms with Gasteiger partial charge in [0.1, 0.15) is 23.0 Å². The number of nitrogens with two attached hydrogens (primary N) is 2. The molecule has 0 amide bonds. The van der Waals surface area contributed by atoms with E-state index in [9.17, 15) is 9.18 Å². The van der Waals surface area contributed by atoms with Crippen LogP contribution in [0.5, 0.6) is 0 Å². The Morgan fingerprint density at radius 3 is 2.19 bits per heavy atom. The first-order chi connectivity index (χ1) is 15.2. The molecule has 4 rings (SSSR count). The maximum Gasteiger partial charge on any atom is 0.329 e. The second kappa shape index (κ2) is 7.95. The summed E-state index contributed by atoms with van der Waals surface area (Å²) in [6, 6.07) is 16.6. The molecule has 0 saturated carbocycles. The van der Waals surface area contributed by atoms with Gasteiger partial charge in [-0.2, -0.15) is 4.73 Å². The van der Waals surface area contributed by atoms with Crippen LogP contribution in [0.4, 0.5) is 4.39 Å². The van der Waals surface area contributed by atoms with Crippen molar-refractivity contribution in [2.75, 3.05) is 0 Å². The standard InChI is InChI=1S/C23H19FN6O2/c1-12(31)32-30-20-9-7-16(21(25)26)11-19(20)29-23(30)14-4-2-13(3-5-14)15-6-8-17(22(27)28)18(24)10-15/h2-11H,1H3,(H3,25,26)(H3,27,28). The van der Waals surface area contributed by atoms with Crippen LogP contribution in [0.2, 0.25) is 0 Å². The quantitative estimate of drug-likeness (QED) is 0.284. The average molecular weight is 430 g/mol. The van der Waals surface area contributed by atoms with Crippen molar-refractivity contribution >= 4 is 28.7 Å². The molecule has 32 heavy (non-hydrogen) atoms. The minimum Gasteiger partial charge on any atom is -0.384 e. The van der Waals surface area contributed by atoms with Gasteiger partial charge < -0.3 is 16.3 Å². The van der Waals surface area contributed by atoms with Crippen molar-refractivity contribution in [2.24, 2.45) is 11.5 Å². The van der Waals surface area contributed by atoms with Gasteiger partial charge in [-0.1, -0.05) is 30.3 Å². The smallest absolute Gasteiger partial charge is 0.329 e. The topological polar surface area (TPSA) is 144 Å². The van der Waals surface area contributed by atoms with E-state index >= 15 is 0 Å². The van der Waals surface area contributed by atoms with E-state index in [0.29, 0.717) is 33.5 Å². The average Bonchev–Trinajstić information content (AvgIpc) is 3.10. The number of nitrogen functional groups attached to an aromatic ring is 2. The third-order valence-electron chi connectivity index (χ3n) is 4.88. The Morgan fingerprint density at radius 1 is 0.938 bits per heavy atom. The minimum absolute atomic E-state index is 0.0467. The maximum absolute atomic E-state index is 14.2. The van der Waals surface area contributed by atoms with Crippen LogP contribution in [0.1, 0.15) is 18.1 Å². The Kier molecular flexibility index (Phi) is 5.15. The Bertz CT molecular complexity index is 1390. The molecular formula is C23H19FN6O2. The number of nitrogens with zero attached hydrogens (tertiary/aromatic N) is 2. The number of halogens is 1. The van der Waals surface area contributed by atoms with Crippen molar-refractivity contribution in [3.05, 3.63) is 77.6 Å². The monoisotopic (exact) mass is 430 g/mol. The number of imidazole rings is 1. The van der Waals surface area contributed by atoms with E-state index < -0.39 is 11.8 Å². The molecule has 1 aromatic heterocycles. The molecule has 6 N–H and O–H groups in total. The maximum atomic E-state index is 14.2. The minimum atomic E-state index is -0.572. The number of benzene rings is 3. The molecule has 0 atom stereocenters. The van der Waals surface area contributed by atoms with Gasteiger partial charge in [-0.25, -0.2) is 14.2 Å². The highest BCUT2D eigenvalue weighted by atomic mass is 19.1. The van der Waals surface area contributed by atoms with E-state index in [1.165, 1.54) is 23.8 Å². The number of carbonyl (C=O) groups excluding carboxylic acids is 1. The number of hydrogen-bond donors (Lipinski definition) is 4. The van der Waals surface area contributed by atoms with Gasteiger partial charge in [-0.15, -0.1) is 0 Å². The molecule has 9 heteroatoms. The van der Waals surface area contributed by atoms with Gasteiger partial charge in [0.25, 0.3) is 0 Å². The molecular weight excluding hydrogens is 411 g/mol. The Balaban J connectivity index is 1.77. The molecule has 0 fully saturated rings. The van der Waals surface area contributed by atoms with E-state index in [-0.39, 0.29) is 17.2 Å². The van der Waals surface area contributed by atoms with E-state index in [0.717, 1.165) is 5.56 Å². The Morgan fingerprint density at radius 2 is 1.59 bits per heavy atom. The number of nitrogens with one attached hydrogen (secondary N) is 2. The number of rotatable bonds is 5. The number of fused-ring (bicyclic) bond motifs is 1. The zero-order valence-corrected chi connectivity index (χ0v) is 17.0. The third kappa shape index (κ3) is 3.79. The summed E-state index contributed by atoms with van der Waals surface area (Å²) in [4.78, 5) is 21.6. The fourth-order valence-electron chi connectivity index (χ4n) is 3.35. The molecule has 0 aliphatic heterocycles. The number of amidine groups is 2. The summed E-state index contributed by atoms with van der Waals surface area (Å²) < 4.78 is 15.5. The predicted octanol–water partition coefficient (Wildman–Crippen LogP) is 3.05. The molecule has 0 radical (unpaired) electrons. The largest absolute Gasteiger partial charge is 0.384 e.